The summed E-state index contributed by atoms with van der Waals surface area (Å²) in [5, 5.41) is 6.44. The molecule has 1 atom stereocenters. The summed E-state index contributed by atoms with van der Waals surface area (Å²) in [6.45, 7) is 11.7. The summed E-state index contributed by atoms with van der Waals surface area (Å²) in [6, 6.07) is 4.63. The van der Waals surface area contributed by atoms with Gasteiger partial charge in [0, 0.05) is 32.2 Å². The molecule has 1 aliphatic heterocycles. The first kappa shape index (κ1) is 21.6. The van der Waals surface area contributed by atoms with Gasteiger partial charge in [-0.05, 0) is 30.9 Å². The van der Waals surface area contributed by atoms with E-state index in [-0.39, 0.29) is 0 Å². The summed E-state index contributed by atoms with van der Waals surface area (Å²) in [5.41, 5.74) is 0.367. The molecule has 2 rings (SSSR count). The van der Waals surface area contributed by atoms with Crippen LogP contribution in [-0.2, 0) is 11.2 Å². The van der Waals surface area contributed by atoms with Crippen molar-refractivity contribution in [3.63, 3.8) is 0 Å². The number of halogens is 2. The van der Waals surface area contributed by atoms with E-state index in [0.717, 1.165) is 38.9 Å². The van der Waals surface area contributed by atoms with Crippen molar-refractivity contribution in [2.24, 2.45) is 10.9 Å². The number of ether oxygens (including phenoxy) is 1. The van der Waals surface area contributed by atoms with Crippen molar-refractivity contribution in [3.05, 3.63) is 35.4 Å². The van der Waals surface area contributed by atoms with Crippen LogP contribution in [0.15, 0.2) is 23.2 Å². The van der Waals surface area contributed by atoms with Crippen molar-refractivity contribution in [1.82, 2.24) is 15.5 Å². The fourth-order valence-corrected chi connectivity index (χ4v) is 3.24. The minimum Gasteiger partial charge on any atom is -0.379 e. The van der Waals surface area contributed by atoms with E-state index >= 15 is 0 Å². The second-order valence-electron chi connectivity index (χ2n) is 7.07. The number of hydrogen-bond donors (Lipinski definition) is 2. The first-order valence-electron chi connectivity index (χ1n) is 9.79. The lowest BCUT2D eigenvalue weighted by Gasteiger charge is -2.36. The van der Waals surface area contributed by atoms with Crippen LogP contribution < -0.4 is 10.6 Å². The highest BCUT2D eigenvalue weighted by Crippen LogP contribution is 2.14. The third-order valence-corrected chi connectivity index (χ3v) is 4.78. The Balaban J connectivity index is 1.92. The Morgan fingerprint density at radius 2 is 1.96 bits per heavy atom. The molecule has 0 aliphatic carbocycles. The zero-order chi connectivity index (χ0) is 19.6. The van der Waals surface area contributed by atoms with E-state index in [1.165, 1.54) is 6.07 Å². The zero-order valence-electron chi connectivity index (χ0n) is 16.6. The molecule has 5 nitrogen and oxygen atoms in total. The molecule has 0 radical (unpaired) electrons. The molecule has 152 valence electrons. The van der Waals surface area contributed by atoms with Gasteiger partial charge in [-0.1, -0.05) is 26.0 Å². The number of rotatable bonds is 8. The second-order valence-corrected chi connectivity index (χ2v) is 7.07. The summed E-state index contributed by atoms with van der Waals surface area (Å²) in [5.74, 6) is -0.392. The molecule has 0 saturated carbocycles. The largest absolute Gasteiger partial charge is 0.379 e. The molecule has 0 bridgehead atoms. The van der Waals surface area contributed by atoms with Crippen molar-refractivity contribution in [2.75, 3.05) is 45.9 Å². The summed E-state index contributed by atoms with van der Waals surface area (Å²) < 4.78 is 32.5. The number of morpholine rings is 1. The monoisotopic (exact) mass is 382 g/mol. The molecule has 2 N–H and O–H groups in total. The normalized spacial score (nSPS) is 17.2. The molecule has 1 aromatic rings. The summed E-state index contributed by atoms with van der Waals surface area (Å²) in [6.07, 6.45) is 0.394. The maximum atomic E-state index is 13.8. The van der Waals surface area contributed by atoms with E-state index in [1.807, 2.05) is 6.92 Å². The van der Waals surface area contributed by atoms with Crippen LogP contribution in [0.25, 0.3) is 0 Å². The Labute approximate surface area is 161 Å². The van der Waals surface area contributed by atoms with Gasteiger partial charge in [0.2, 0.25) is 0 Å². The predicted octanol–water partition coefficient (Wildman–Crippen LogP) is 2.42. The molecule has 1 aliphatic rings. The Morgan fingerprint density at radius 1 is 1.22 bits per heavy atom. The quantitative estimate of drug-likeness (QED) is 0.536. The van der Waals surface area contributed by atoms with Crippen LogP contribution in [0, 0.1) is 17.6 Å². The standard InChI is InChI=1S/C20H32F2N4O/c1-4-23-20(24-9-8-16-6-5-7-17(21)19(16)22)25-14-18(15(2)3)26-10-12-27-13-11-26/h5-7,15,18H,4,8-14H2,1-3H3,(H2,23,24,25). The molecule has 1 aromatic carbocycles. The fraction of sp³-hybridized carbons (Fsp3) is 0.650. The molecule has 27 heavy (non-hydrogen) atoms. The number of nitrogens with zero attached hydrogens (tertiary/aromatic N) is 2. The van der Waals surface area contributed by atoms with Crippen molar-refractivity contribution < 1.29 is 13.5 Å². The predicted molar refractivity (Wildman–Crippen MR) is 105 cm³/mol. The van der Waals surface area contributed by atoms with Gasteiger partial charge in [0.25, 0.3) is 0 Å². The Morgan fingerprint density at radius 3 is 2.63 bits per heavy atom. The lowest BCUT2D eigenvalue weighted by molar-refractivity contribution is 0.00867. The van der Waals surface area contributed by atoms with Gasteiger partial charge in [-0.15, -0.1) is 0 Å². The van der Waals surface area contributed by atoms with Crippen molar-refractivity contribution in [2.45, 2.75) is 33.2 Å². The van der Waals surface area contributed by atoms with Gasteiger partial charge < -0.3 is 15.4 Å². The van der Waals surface area contributed by atoms with Crippen molar-refractivity contribution in [3.8, 4) is 0 Å². The number of benzene rings is 1. The first-order chi connectivity index (χ1) is 13.0. The van der Waals surface area contributed by atoms with Crippen LogP contribution in [0.1, 0.15) is 26.3 Å². The highest BCUT2D eigenvalue weighted by molar-refractivity contribution is 5.79. The zero-order valence-corrected chi connectivity index (χ0v) is 16.6. The molecule has 0 aromatic heterocycles. The van der Waals surface area contributed by atoms with E-state index < -0.39 is 11.6 Å². The molecule has 1 unspecified atom stereocenters. The molecule has 7 heteroatoms. The van der Waals surface area contributed by atoms with Crippen LogP contribution in [-0.4, -0.2) is 62.8 Å². The third-order valence-electron chi connectivity index (χ3n) is 4.78. The van der Waals surface area contributed by atoms with E-state index in [9.17, 15) is 8.78 Å². The SMILES string of the molecule is CCNC(=NCC(C(C)C)N1CCOCC1)NCCc1cccc(F)c1F. The average molecular weight is 382 g/mol. The highest BCUT2D eigenvalue weighted by atomic mass is 19.2. The summed E-state index contributed by atoms with van der Waals surface area (Å²) >= 11 is 0. The minimum atomic E-state index is -0.807. The lowest BCUT2D eigenvalue weighted by Crippen LogP contribution is -2.48. The molecular formula is C20H32F2N4O. The van der Waals surface area contributed by atoms with Gasteiger partial charge in [-0.25, -0.2) is 8.78 Å². The number of nitrogens with one attached hydrogen (secondary N) is 2. The van der Waals surface area contributed by atoms with Gasteiger partial charge in [0.05, 0.1) is 19.8 Å². The first-order valence-corrected chi connectivity index (χ1v) is 9.79. The van der Waals surface area contributed by atoms with Gasteiger partial charge in [0.15, 0.2) is 17.6 Å². The van der Waals surface area contributed by atoms with E-state index in [0.29, 0.717) is 43.0 Å². The van der Waals surface area contributed by atoms with Crippen molar-refractivity contribution in [1.29, 1.82) is 0 Å². The van der Waals surface area contributed by atoms with Crippen LogP contribution in [0.2, 0.25) is 0 Å². The molecular weight excluding hydrogens is 350 g/mol. The number of aliphatic imine (C=N–C) groups is 1. The highest BCUT2D eigenvalue weighted by Gasteiger charge is 2.23. The maximum Gasteiger partial charge on any atom is 0.191 e. The molecule has 1 saturated heterocycles. The number of hydrogen-bond acceptors (Lipinski definition) is 3. The van der Waals surface area contributed by atoms with Gasteiger partial charge in [-0.2, -0.15) is 0 Å². The van der Waals surface area contributed by atoms with Crippen LogP contribution in [0.5, 0.6) is 0 Å². The molecule has 0 spiro atoms. The smallest absolute Gasteiger partial charge is 0.191 e. The van der Waals surface area contributed by atoms with Gasteiger partial charge in [-0.3, -0.25) is 9.89 Å². The van der Waals surface area contributed by atoms with Gasteiger partial charge >= 0.3 is 0 Å². The molecule has 1 heterocycles. The van der Waals surface area contributed by atoms with Crippen molar-refractivity contribution >= 4 is 5.96 Å². The number of guanidine groups is 1. The van der Waals surface area contributed by atoms with Crippen LogP contribution in [0.3, 0.4) is 0 Å². The maximum absolute atomic E-state index is 13.8. The Bertz CT molecular complexity index is 604. The Kier molecular flexibility index (Phi) is 8.94. The third kappa shape index (κ3) is 6.74. The van der Waals surface area contributed by atoms with E-state index in [1.54, 1.807) is 6.07 Å². The average Bonchev–Trinajstić information content (AvgIpc) is 2.66. The lowest BCUT2D eigenvalue weighted by atomic mass is 10.0. The topological polar surface area (TPSA) is 48.9 Å². The summed E-state index contributed by atoms with van der Waals surface area (Å²) in [4.78, 5) is 7.16. The second kappa shape index (κ2) is 11.2. The minimum absolute atomic E-state index is 0.352. The van der Waals surface area contributed by atoms with Crippen LogP contribution in [0.4, 0.5) is 8.78 Å². The molecule has 1 fully saturated rings. The Hall–Kier alpha value is -1.73. The van der Waals surface area contributed by atoms with E-state index in [4.69, 9.17) is 9.73 Å². The van der Waals surface area contributed by atoms with Crippen LogP contribution >= 0.6 is 0 Å². The van der Waals surface area contributed by atoms with E-state index in [2.05, 4.69) is 29.4 Å². The molecule has 0 amide bonds. The summed E-state index contributed by atoms with van der Waals surface area (Å²) in [7, 11) is 0. The van der Waals surface area contributed by atoms with Gasteiger partial charge in [0.1, 0.15) is 0 Å². The fourth-order valence-electron chi connectivity index (χ4n) is 3.24.